The van der Waals surface area contributed by atoms with Crippen molar-refractivity contribution in [1.29, 1.82) is 0 Å². The van der Waals surface area contributed by atoms with Crippen molar-refractivity contribution in [2.24, 2.45) is 5.92 Å². The molecule has 4 fully saturated rings. The number of nitrogens with one attached hydrogen (secondary N) is 4. The van der Waals surface area contributed by atoms with Crippen LogP contribution in [-0.4, -0.2) is 124 Å². The van der Waals surface area contributed by atoms with Gasteiger partial charge in [0, 0.05) is 31.7 Å². The second-order valence-corrected chi connectivity index (χ2v) is 15.4. The smallest absolute Gasteiger partial charge is 0.328 e. The van der Waals surface area contributed by atoms with Gasteiger partial charge in [-0.15, -0.1) is 0 Å². The third kappa shape index (κ3) is 9.45. The zero-order chi connectivity index (χ0) is 39.2. The molecule has 1 unspecified atom stereocenters. The molecule has 0 aliphatic carbocycles. The highest BCUT2D eigenvalue weighted by Gasteiger charge is 2.46. The van der Waals surface area contributed by atoms with Crippen LogP contribution < -0.4 is 21.3 Å². The monoisotopic (exact) mass is 759 g/mol. The molecule has 15 heteroatoms. The van der Waals surface area contributed by atoms with E-state index < -0.39 is 78.8 Å². The number of aryl methyl sites for hydroxylation is 1. The van der Waals surface area contributed by atoms with E-state index in [1.54, 1.807) is 24.0 Å². The lowest BCUT2D eigenvalue weighted by Crippen LogP contribution is -2.63. The van der Waals surface area contributed by atoms with E-state index >= 15 is 0 Å². The Morgan fingerprint density at radius 3 is 2.35 bits per heavy atom. The first-order valence-corrected chi connectivity index (χ1v) is 19.4. The van der Waals surface area contributed by atoms with Crippen molar-refractivity contribution in [2.75, 3.05) is 31.6 Å². The van der Waals surface area contributed by atoms with Gasteiger partial charge in [-0.05, 0) is 76.0 Å². The first-order valence-electron chi connectivity index (χ1n) is 19.4. The summed E-state index contributed by atoms with van der Waals surface area (Å²) >= 11 is 0. The number of nitrogens with zero attached hydrogens (tertiary/aromatic N) is 3. The predicted molar refractivity (Wildman–Crippen MR) is 202 cm³/mol. The topological polar surface area (TPSA) is 190 Å². The number of carbonyl (C=O) groups is 6. The molecule has 0 bridgehead atoms. The van der Waals surface area contributed by atoms with Gasteiger partial charge in [0.2, 0.25) is 23.6 Å². The van der Waals surface area contributed by atoms with Crippen LogP contribution in [-0.2, 0) is 35.1 Å². The number of carbonyl (C=O) groups excluding carboxylic acids is 6. The van der Waals surface area contributed by atoms with Gasteiger partial charge in [-0.1, -0.05) is 55.0 Å². The highest BCUT2D eigenvalue weighted by atomic mass is 16.5. The number of benzene rings is 2. The van der Waals surface area contributed by atoms with Gasteiger partial charge >= 0.3 is 12.0 Å². The molecule has 0 radical (unpaired) electrons. The summed E-state index contributed by atoms with van der Waals surface area (Å²) in [6, 6.07) is 9.75. The van der Waals surface area contributed by atoms with E-state index in [2.05, 4.69) is 21.3 Å². The van der Waals surface area contributed by atoms with Crippen LogP contribution in [0, 0.1) is 12.8 Å². The average molecular weight is 760 g/mol. The minimum absolute atomic E-state index is 0.0227. The number of aliphatic hydroxyl groups is 1. The van der Waals surface area contributed by atoms with E-state index in [1.807, 2.05) is 56.3 Å². The number of amides is 6. The lowest BCUT2D eigenvalue weighted by Gasteiger charge is -2.42. The van der Waals surface area contributed by atoms with Gasteiger partial charge in [-0.3, -0.25) is 24.5 Å². The minimum Gasteiger partial charge on any atom is -0.461 e. The number of urea groups is 1. The van der Waals surface area contributed by atoms with Crippen molar-refractivity contribution in [1.82, 2.24) is 30.7 Å². The Bertz CT molecular complexity index is 1730. The molecular formula is C40H53N7O8. The van der Waals surface area contributed by atoms with Crippen LogP contribution in [0.4, 0.5) is 10.5 Å². The first kappa shape index (κ1) is 39.7. The molecule has 2 aromatic rings. The summed E-state index contributed by atoms with van der Waals surface area (Å²) in [6.07, 6.45) is 2.10. The summed E-state index contributed by atoms with van der Waals surface area (Å²) in [5.41, 5.74) is 2.28. The molecule has 0 saturated carbocycles. The molecule has 0 spiro atoms. The molecule has 5 N–H and O–H groups in total. The van der Waals surface area contributed by atoms with Crippen molar-refractivity contribution >= 4 is 41.3 Å². The van der Waals surface area contributed by atoms with Crippen molar-refractivity contribution in [3.63, 3.8) is 0 Å². The molecule has 4 aliphatic rings. The molecule has 6 amide bonds. The first-order chi connectivity index (χ1) is 26.4. The molecule has 55 heavy (non-hydrogen) atoms. The van der Waals surface area contributed by atoms with Crippen molar-refractivity contribution < 1.29 is 38.6 Å². The molecule has 6 rings (SSSR count). The van der Waals surface area contributed by atoms with Crippen molar-refractivity contribution in [3.05, 3.63) is 65.7 Å². The number of cyclic esters (lactones) is 1. The molecule has 4 heterocycles. The Kier molecular flexibility index (Phi) is 12.7. The number of fused-ring (bicyclic) bond motifs is 3. The average Bonchev–Trinajstić information content (AvgIpc) is 3.83. The quantitative estimate of drug-likeness (QED) is 0.273. The number of hydrogen-bond donors (Lipinski definition) is 5. The van der Waals surface area contributed by atoms with Gasteiger partial charge in [-0.2, -0.15) is 0 Å². The lowest BCUT2D eigenvalue weighted by atomic mass is 9.98. The molecule has 0 aromatic heterocycles. The highest BCUT2D eigenvalue weighted by molar-refractivity contribution is 5.97. The summed E-state index contributed by atoms with van der Waals surface area (Å²) in [5, 5.41) is 22.6. The Morgan fingerprint density at radius 2 is 1.60 bits per heavy atom. The van der Waals surface area contributed by atoms with E-state index in [9.17, 15) is 33.9 Å². The van der Waals surface area contributed by atoms with E-state index in [0.717, 1.165) is 24.0 Å². The molecule has 4 aliphatic heterocycles. The summed E-state index contributed by atoms with van der Waals surface area (Å²) in [5.74, 6) is -2.78. The maximum absolute atomic E-state index is 14.5. The zero-order valence-corrected chi connectivity index (χ0v) is 31.7. The van der Waals surface area contributed by atoms with Gasteiger partial charge in [0.05, 0.1) is 12.1 Å². The minimum atomic E-state index is -1.41. The van der Waals surface area contributed by atoms with Crippen LogP contribution in [0.25, 0.3) is 0 Å². The Morgan fingerprint density at radius 1 is 0.873 bits per heavy atom. The fourth-order valence-electron chi connectivity index (χ4n) is 8.17. The summed E-state index contributed by atoms with van der Waals surface area (Å²) < 4.78 is 5.76. The third-order valence-electron chi connectivity index (χ3n) is 11.1. The number of ether oxygens (including phenoxy) is 1. The standard InChI is InChI=1S/C40H53N7O8/c1-24-14-16-28(17-15-24)42-40(54)44-29(21-27-10-5-4-6-11-27)34(48)43-30-23-55-39(53)33-20-25(2)22-47(33)36(50)26(3)41-35(49)31-12-7-8-18-45(31)38(52)32-13-9-19-46(32)37(30)51/h4-6,10-11,14-17,25-26,29-33,35,41,49H,7-9,12-13,18-23H2,1-3H3,(H,43,48)(H2,42,44,54)/t25-,26+,29+,30+,31+,32+,33+,35?/m1/s1. The second kappa shape index (κ2) is 17.6. The number of anilines is 1. The van der Waals surface area contributed by atoms with E-state index in [0.29, 0.717) is 44.5 Å². The molecule has 296 valence electrons. The van der Waals surface area contributed by atoms with Crippen LogP contribution in [0.1, 0.15) is 63.5 Å². The van der Waals surface area contributed by atoms with E-state index in [1.165, 1.54) is 9.80 Å². The molecule has 8 atom stereocenters. The normalized spacial score (nSPS) is 28.4. The second-order valence-electron chi connectivity index (χ2n) is 15.4. The third-order valence-corrected chi connectivity index (χ3v) is 11.1. The Labute approximate surface area is 321 Å². The van der Waals surface area contributed by atoms with Crippen LogP contribution in [0.3, 0.4) is 0 Å². The number of hydrogen-bond acceptors (Lipinski definition) is 9. The number of piperidine rings is 1. The zero-order valence-electron chi connectivity index (χ0n) is 31.7. The number of aliphatic hydroxyl groups excluding tert-OH is 1. The SMILES string of the molecule is Cc1ccc(NC(=O)N[C@@H](Cc2ccccc2)C(=O)N[C@H]2COC(=O)[C@@H]3C[C@@H](C)CN3C(=O)[C@H](C)NC(O)[C@@H]3CCCCN3C(=O)[C@@H]3CCCN3C2=O)cc1. The van der Waals surface area contributed by atoms with E-state index in [4.69, 9.17) is 4.74 Å². The summed E-state index contributed by atoms with van der Waals surface area (Å²) in [6.45, 7) is 5.82. The highest BCUT2D eigenvalue weighted by Crippen LogP contribution is 2.28. The molecule has 2 aromatic carbocycles. The Balaban J connectivity index is 1.29. The lowest BCUT2D eigenvalue weighted by molar-refractivity contribution is -0.159. The van der Waals surface area contributed by atoms with Crippen LogP contribution in [0.5, 0.6) is 0 Å². The molecular weight excluding hydrogens is 706 g/mol. The van der Waals surface area contributed by atoms with Gasteiger partial charge < -0.3 is 40.5 Å². The Hall–Kier alpha value is -5.02. The van der Waals surface area contributed by atoms with Crippen LogP contribution >= 0.6 is 0 Å². The largest absolute Gasteiger partial charge is 0.461 e. The predicted octanol–water partition coefficient (Wildman–Crippen LogP) is 1.68. The van der Waals surface area contributed by atoms with E-state index in [-0.39, 0.29) is 24.8 Å². The summed E-state index contributed by atoms with van der Waals surface area (Å²) in [7, 11) is 0. The van der Waals surface area contributed by atoms with Crippen LogP contribution in [0.15, 0.2) is 54.6 Å². The molecule has 4 saturated heterocycles. The fraction of sp³-hybridized carbons (Fsp3) is 0.550. The van der Waals surface area contributed by atoms with Crippen molar-refractivity contribution in [3.8, 4) is 0 Å². The maximum Gasteiger partial charge on any atom is 0.328 e. The van der Waals surface area contributed by atoms with Crippen molar-refractivity contribution in [2.45, 2.75) is 108 Å². The maximum atomic E-state index is 14.5. The van der Waals surface area contributed by atoms with Crippen LogP contribution in [0.2, 0.25) is 0 Å². The summed E-state index contributed by atoms with van der Waals surface area (Å²) in [4.78, 5) is 88.1. The molecule has 15 nitrogen and oxygen atoms in total. The number of rotatable bonds is 6. The van der Waals surface area contributed by atoms with Gasteiger partial charge in [0.25, 0.3) is 0 Å². The van der Waals surface area contributed by atoms with Gasteiger partial charge in [0.15, 0.2) is 0 Å². The van der Waals surface area contributed by atoms with Gasteiger partial charge in [-0.25, -0.2) is 9.59 Å². The number of esters is 1. The fourth-order valence-corrected chi connectivity index (χ4v) is 8.17. The van der Waals surface area contributed by atoms with Gasteiger partial charge in [0.1, 0.15) is 37.0 Å².